The van der Waals surface area contributed by atoms with Crippen molar-refractivity contribution in [1.29, 1.82) is 0 Å². The van der Waals surface area contributed by atoms with E-state index in [4.69, 9.17) is 4.74 Å². The molecule has 82 valence electrons. The maximum Gasteiger partial charge on any atom is 0.0686 e. The van der Waals surface area contributed by atoms with Gasteiger partial charge in [-0.3, -0.25) is 0 Å². The lowest BCUT2D eigenvalue weighted by Gasteiger charge is -2.30. The van der Waals surface area contributed by atoms with Crippen LogP contribution in [0, 0.1) is 0 Å². The van der Waals surface area contributed by atoms with Gasteiger partial charge in [0.15, 0.2) is 0 Å². The van der Waals surface area contributed by atoms with Gasteiger partial charge in [-0.05, 0) is 31.0 Å². The Balaban J connectivity index is 2.36. The van der Waals surface area contributed by atoms with E-state index >= 15 is 0 Å². The molecule has 0 saturated carbocycles. The first-order chi connectivity index (χ1) is 7.28. The Morgan fingerprint density at radius 3 is 2.87 bits per heavy atom. The second-order valence-corrected chi connectivity index (χ2v) is 4.88. The summed E-state index contributed by atoms with van der Waals surface area (Å²) in [4.78, 5) is 0. The summed E-state index contributed by atoms with van der Waals surface area (Å²) in [5, 5.41) is 3.57. The number of methoxy groups -OCH3 is 1. The van der Waals surface area contributed by atoms with Crippen molar-refractivity contribution in [3.05, 3.63) is 34.3 Å². The quantitative estimate of drug-likeness (QED) is 0.911. The number of ether oxygens (including phenoxy) is 1. The van der Waals surface area contributed by atoms with E-state index in [0.29, 0.717) is 0 Å². The molecule has 1 fully saturated rings. The van der Waals surface area contributed by atoms with E-state index in [0.717, 1.165) is 24.0 Å². The second kappa shape index (κ2) is 4.64. The zero-order valence-electron chi connectivity index (χ0n) is 8.92. The molecule has 1 saturated heterocycles. The molecule has 1 aromatic rings. The van der Waals surface area contributed by atoms with Crippen LogP contribution in [0.25, 0.3) is 0 Å². The van der Waals surface area contributed by atoms with Crippen molar-refractivity contribution < 1.29 is 4.74 Å². The Hall–Kier alpha value is -0.380. The zero-order valence-corrected chi connectivity index (χ0v) is 10.5. The molecule has 1 unspecified atom stereocenters. The van der Waals surface area contributed by atoms with E-state index < -0.39 is 0 Å². The van der Waals surface area contributed by atoms with Crippen molar-refractivity contribution in [2.45, 2.75) is 18.4 Å². The molecule has 0 spiro atoms. The molecule has 0 bridgehead atoms. The maximum atomic E-state index is 5.36. The monoisotopic (exact) mass is 269 g/mol. The van der Waals surface area contributed by atoms with E-state index in [1.54, 1.807) is 7.11 Å². The van der Waals surface area contributed by atoms with Crippen molar-refractivity contribution in [2.24, 2.45) is 0 Å². The highest BCUT2D eigenvalue weighted by Gasteiger charge is 2.36. The van der Waals surface area contributed by atoms with Gasteiger partial charge in [0.2, 0.25) is 0 Å². The van der Waals surface area contributed by atoms with Gasteiger partial charge in [-0.15, -0.1) is 0 Å². The fourth-order valence-corrected chi connectivity index (χ4v) is 3.00. The van der Waals surface area contributed by atoms with Crippen LogP contribution in [-0.2, 0) is 10.3 Å². The Morgan fingerprint density at radius 1 is 1.47 bits per heavy atom. The molecule has 1 aromatic carbocycles. The van der Waals surface area contributed by atoms with Crippen LogP contribution in [0.3, 0.4) is 0 Å². The number of hydrogen-bond donors (Lipinski definition) is 1. The zero-order chi connectivity index (χ0) is 10.7. The topological polar surface area (TPSA) is 21.3 Å². The molecule has 1 aliphatic rings. The molecule has 0 radical (unpaired) electrons. The Morgan fingerprint density at radius 2 is 2.27 bits per heavy atom. The normalized spacial score (nSPS) is 25.7. The van der Waals surface area contributed by atoms with E-state index in [2.05, 4.69) is 39.4 Å². The first kappa shape index (κ1) is 11.1. The molecule has 1 heterocycles. The minimum atomic E-state index is 0.00877. The summed E-state index contributed by atoms with van der Waals surface area (Å²) >= 11 is 3.62. The van der Waals surface area contributed by atoms with Gasteiger partial charge in [-0.1, -0.05) is 34.1 Å². The van der Waals surface area contributed by atoms with E-state index in [9.17, 15) is 0 Å². The molecule has 1 N–H and O–H groups in total. The molecule has 1 aliphatic heterocycles. The van der Waals surface area contributed by atoms with Crippen molar-refractivity contribution in [3.8, 4) is 0 Å². The SMILES string of the molecule is COCC1(c2ccccc2Br)CCCN1. The molecule has 1 atom stereocenters. The summed E-state index contributed by atoms with van der Waals surface area (Å²) in [6.45, 7) is 1.81. The smallest absolute Gasteiger partial charge is 0.0686 e. The van der Waals surface area contributed by atoms with E-state index in [1.807, 2.05) is 6.07 Å². The molecular weight excluding hydrogens is 254 g/mol. The van der Waals surface area contributed by atoms with Crippen LogP contribution >= 0.6 is 15.9 Å². The van der Waals surface area contributed by atoms with Gasteiger partial charge < -0.3 is 10.1 Å². The van der Waals surface area contributed by atoms with Gasteiger partial charge in [0.25, 0.3) is 0 Å². The number of halogens is 1. The lowest BCUT2D eigenvalue weighted by Crippen LogP contribution is -2.41. The highest BCUT2D eigenvalue weighted by molar-refractivity contribution is 9.10. The number of benzene rings is 1. The van der Waals surface area contributed by atoms with E-state index in [-0.39, 0.29) is 5.54 Å². The van der Waals surface area contributed by atoms with Crippen molar-refractivity contribution in [2.75, 3.05) is 20.3 Å². The van der Waals surface area contributed by atoms with Crippen molar-refractivity contribution in [1.82, 2.24) is 5.32 Å². The van der Waals surface area contributed by atoms with Gasteiger partial charge in [-0.25, -0.2) is 0 Å². The summed E-state index contributed by atoms with van der Waals surface area (Å²) in [5.41, 5.74) is 1.32. The number of nitrogens with one attached hydrogen (secondary N) is 1. The third kappa shape index (κ3) is 2.10. The number of rotatable bonds is 3. The molecule has 0 amide bonds. The average molecular weight is 270 g/mol. The van der Waals surface area contributed by atoms with Gasteiger partial charge in [0.05, 0.1) is 12.1 Å². The Kier molecular flexibility index (Phi) is 3.44. The minimum absolute atomic E-state index is 0.00877. The third-order valence-electron chi connectivity index (χ3n) is 3.02. The molecule has 3 heteroatoms. The first-order valence-electron chi connectivity index (χ1n) is 5.27. The maximum absolute atomic E-state index is 5.36. The summed E-state index contributed by atoms with van der Waals surface area (Å²) < 4.78 is 6.52. The van der Waals surface area contributed by atoms with E-state index in [1.165, 1.54) is 12.0 Å². The molecular formula is C12H16BrNO. The molecule has 0 aliphatic carbocycles. The van der Waals surface area contributed by atoms with Gasteiger partial charge in [0.1, 0.15) is 0 Å². The largest absolute Gasteiger partial charge is 0.382 e. The first-order valence-corrected chi connectivity index (χ1v) is 6.07. The van der Waals surface area contributed by atoms with Crippen LogP contribution in [-0.4, -0.2) is 20.3 Å². The summed E-state index contributed by atoms with van der Waals surface area (Å²) in [5.74, 6) is 0. The van der Waals surface area contributed by atoms with Gasteiger partial charge >= 0.3 is 0 Å². The molecule has 15 heavy (non-hydrogen) atoms. The fourth-order valence-electron chi connectivity index (χ4n) is 2.33. The Bertz CT molecular complexity index is 334. The van der Waals surface area contributed by atoms with Crippen molar-refractivity contribution in [3.63, 3.8) is 0 Å². The lowest BCUT2D eigenvalue weighted by molar-refractivity contribution is 0.119. The van der Waals surface area contributed by atoms with Gasteiger partial charge in [0, 0.05) is 11.6 Å². The van der Waals surface area contributed by atoms with Crippen LogP contribution < -0.4 is 5.32 Å². The van der Waals surface area contributed by atoms with Crippen LogP contribution in [0.1, 0.15) is 18.4 Å². The summed E-state index contributed by atoms with van der Waals surface area (Å²) in [6.07, 6.45) is 2.36. The summed E-state index contributed by atoms with van der Waals surface area (Å²) in [7, 11) is 1.76. The third-order valence-corrected chi connectivity index (χ3v) is 3.72. The predicted molar refractivity (Wildman–Crippen MR) is 64.9 cm³/mol. The lowest BCUT2D eigenvalue weighted by atomic mass is 9.89. The predicted octanol–water partition coefficient (Wildman–Crippen LogP) is 2.67. The van der Waals surface area contributed by atoms with Crippen LogP contribution in [0.15, 0.2) is 28.7 Å². The molecule has 0 aromatic heterocycles. The Labute approximate surface area is 99.1 Å². The van der Waals surface area contributed by atoms with Crippen LogP contribution in [0.5, 0.6) is 0 Å². The van der Waals surface area contributed by atoms with Crippen molar-refractivity contribution >= 4 is 15.9 Å². The highest BCUT2D eigenvalue weighted by Crippen LogP contribution is 2.35. The van der Waals surface area contributed by atoms with Crippen LogP contribution in [0.4, 0.5) is 0 Å². The highest BCUT2D eigenvalue weighted by atomic mass is 79.9. The fraction of sp³-hybridized carbons (Fsp3) is 0.500. The molecule has 2 nitrogen and oxygen atoms in total. The van der Waals surface area contributed by atoms with Crippen LogP contribution in [0.2, 0.25) is 0 Å². The molecule has 2 rings (SSSR count). The summed E-state index contributed by atoms with van der Waals surface area (Å²) in [6, 6.07) is 8.38. The minimum Gasteiger partial charge on any atom is -0.382 e. The standard InChI is InChI=1S/C12H16BrNO/c1-15-9-12(7-4-8-14-12)10-5-2-3-6-11(10)13/h2-3,5-6,14H,4,7-9H2,1H3. The average Bonchev–Trinajstić information content (AvgIpc) is 2.69. The second-order valence-electron chi connectivity index (χ2n) is 4.03. The van der Waals surface area contributed by atoms with Gasteiger partial charge in [-0.2, -0.15) is 0 Å². The number of hydrogen-bond acceptors (Lipinski definition) is 2.